The van der Waals surface area contributed by atoms with Gasteiger partial charge < -0.3 is 10.6 Å². The van der Waals surface area contributed by atoms with Crippen molar-refractivity contribution in [3.05, 3.63) is 100 Å². The zero-order valence-corrected chi connectivity index (χ0v) is 15.6. The molecular weight excluding hydrogens is 360 g/mol. The standard InChI is InChI=1S/C22H19ClN2O2/c1-15-5-2-3-6-18(15)14-24-21(26)16-7-4-8-17(13-16)22(27)25-20-11-9-19(23)10-12-20/h2-13H,14H2,1H3,(H,24,26)(H,25,27). The van der Waals surface area contributed by atoms with Gasteiger partial charge >= 0.3 is 0 Å². The van der Waals surface area contributed by atoms with E-state index in [1.807, 2.05) is 31.2 Å². The lowest BCUT2D eigenvalue weighted by Crippen LogP contribution is -2.23. The van der Waals surface area contributed by atoms with Crippen LogP contribution in [0.5, 0.6) is 0 Å². The Balaban J connectivity index is 1.67. The molecule has 0 radical (unpaired) electrons. The number of hydrogen-bond acceptors (Lipinski definition) is 2. The van der Waals surface area contributed by atoms with Crippen molar-refractivity contribution in [1.82, 2.24) is 5.32 Å². The molecule has 4 nitrogen and oxygen atoms in total. The predicted molar refractivity (Wildman–Crippen MR) is 108 cm³/mol. The van der Waals surface area contributed by atoms with Crippen LogP contribution in [-0.4, -0.2) is 11.8 Å². The fraction of sp³-hybridized carbons (Fsp3) is 0.0909. The molecule has 0 aromatic heterocycles. The molecule has 0 spiro atoms. The van der Waals surface area contributed by atoms with E-state index >= 15 is 0 Å². The second-order valence-electron chi connectivity index (χ2n) is 6.15. The van der Waals surface area contributed by atoms with Gasteiger partial charge in [0.2, 0.25) is 0 Å². The molecule has 0 aliphatic heterocycles. The number of benzene rings is 3. The maximum Gasteiger partial charge on any atom is 0.255 e. The maximum absolute atomic E-state index is 12.4. The normalized spacial score (nSPS) is 10.3. The van der Waals surface area contributed by atoms with E-state index < -0.39 is 0 Å². The van der Waals surface area contributed by atoms with Crippen molar-refractivity contribution >= 4 is 29.1 Å². The minimum atomic E-state index is -0.286. The van der Waals surface area contributed by atoms with E-state index in [4.69, 9.17) is 11.6 Å². The van der Waals surface area contributed by atoms with Crippen LogP contribution in [0, 0.1) is 6.92 Å². The SMILES string of the molecule is Cc1ccccc1CNC(=O)c1cccc(C(=O)Nc2ccc(Cl)cc2)c1. The zero-order chi connectivity index (χ0) is 19.2. The highest BCUT2D eigenvalue weighted by atomic mass is 35.5. The minimum absolute atomic E-state index is 0.223. The summed E-state index contributed by atoms with van der Waals surface area (Å²) < 4.78 is 0. The molecule has 2 amide bonds. The van der Waals surface area contributed by atoms with Crippen LogP contribution in [0.25, 0.3) is 0 Å². The Bertz CT molecular complexity index is 968. The quantitative estimate of drug-likeness (QED) is 0.668. The molecule has 136 valence electrons. The van der Waals surface area contributed by atoms with Gasteiger partial charge in [-0.3, -0.25) is 9.59 Å². The van der Waals surface area contributed by atoms with E-state index in [9.17, 15) is 9.59 Å². The average Bonchev–Trinajstić information content (AvgIpc) is 2.69. The molecule has 0 unspecified atom stereocenters. The number of carbonyl (C=O) groups is 2. The van der Waals surface area contributed by atoms with Crippen molar-refractivity contribution in [2.75, 3.05) is 5.32 Å². The fourth-order valence-corrected chi connectivity index (χ4v) is 2.75. The van der Waals surface area contributed by atoms with E-state index in [-0.39, 0.29) is 11.8 Å². The van der Waals surface area contributed by atoms with Crippen molar-refractivity contribution in [1.29, 1.82) is 0 Å². The molecule has 0 saturated carbocycles. The summed E-state index contributed by atoms with van der Waals surface area (Å²) in [6, 6.07) is 21.4. The highest BCUT2D eigenvalue weighted by molar-refractivity contribution is 6.30. The third-order valence-corrected chi connectivity index (χ3v) is 4.44. The van der Waals surface area contributed by atoms with E-state index in [1.165, 1.54) is 0 Å². The summed E-state index contributed by atoms with van der Waals surface area (Å²) in [5.41, 5.74) is 3.66. The monoisotopic (exact) mass is 378 g/mol. The summed E-state index contributed by atoms with van der Waals surface area (Å²) in [5, 5.41) is 6.28. The third-order valence-electron chi connectivity index (χ3n) is 4.19. The Hall–Kier alpha value is -3.11. The van der Waals surface area contributed by atoms with Crippen LogP contribution in [0.2, 0.25) is 5.02 Å². The first-order valence-electron chi connectivity index (χ1n) is 8.52. The summed E-state index contributed by atoms with van der Waals surface area (Å²) in [6.45, 7) is 2.44. The number of aryl methyl sites for hydroxylation is 1. The first kappa shape index (κ1) is 18.7. The van der Waals surface area contributed by atoms with Crippen LogP contribution < -0.4 is 10.6 Å². The van der Waals surface area contributed by atoms with Crippen molar-refractivity contribution in [3.63, 3.8) is 0 Å². The minimum Gasteiger partial charge on any atom is -0.348 e. The lowest BCUT2D eigenvalue weighted by molar-refractivity contribution is 0.0951. The van der Waals surface area contributed by atoms with Gasteiger partial charge in [0.1, 0.15) is 0 Å². The summed E-state index contributed by atoms with van der Waals surface area (Å²) in [7, 11) is 0. The molecule has 5 heteroatoms. The Kier molecular flexibility index (Phi) is 5.89. The third kappa shape index (κ3) is 4.96. The van der Waals surface area contributed by atoms with Crippen molar-refractivity contribution in [3.8, 4) is 0 Å². The van der Waals surface area contributed by atoms with Gasteiger partial charge in [0.15, 0.2) is 0 Å². The van der Waals surface area contributed by atoms with Gasteiger partial charge in [-0.1, -0.05) is 41.9 Å². The van der Waals surface area contributed by atoms with Crippen LogP contribution in [0.3, 0.4) is 0 Å². The molecule has 27 heavy (non-hydrogen) atoms. The number of amides is 2. The second-order valence-corrected chi connectivity index (χ2v) is 6.59. The molecular formula is C22H19ClN2O2. The van der Waals surface area contributed by atoms with E-state index in [0.29, 0.717) is 28.4 Å². The maximum atomic E-state index is 12.4. The molecule has 0 aliphatic carbocycles. The molecule has 2 N–H and O–H groups in total. The first-order valence-corrected chi connectivity index (χ1v) is 8.90. The number of rotatable bonds is 5. The Labute approximate surface area is 163 Å². The van der Waals surface area contributed by atoms with E-state index in [1.54, 1.807) is 48.5 Å². The molecule has 0 atom stereocenters. The van der Waals surface area contributed by atoms with Gasteiger partial charge in [0, 0.05) is 28.4 Å². The Morgan fingerprint density at radius 1 is 0.852 bits per heavy atom. The largest absolute Gasteiger partial charge is 0.348 e. The lowest BCUT2D eigenvalue weighted by Gasteiger charge is -2.09. The van der Waals surface area contributed by atoms with Gasteiger partial charge in [-0.05, 0) is 60.5 Å². The van der Waals surface area contributed by atoms with Gasteiger partial charge in [0.25, 0.3) is 11.8 Å². The number of nitrogens with one attached hydrogen (secondary N) is 2. The number of hydrogen-bond donors (Lipinski definition) is 2. The predicted octanol–water partition coefficient (Wildman–Crippen LogP) is 4.83. The summed E-state index contributed by atoms with van der Waals surface area (Å²) in [5.74, 6) is -0.509. The summed E-state index contributed by atoms with van der Waals surface area (Å²) >= 11 is 5.85. The number of anilines is 1. The molecule has 0 bridgehead atoms. The molecule has 3 aromatic rings. The highest BCUT2D eigenvalue weighted by Crippen LogP contribution is 2.15. The van der Waals surface area contributed by atoms with Gasteiger partial charge in [-0.2, -0.15) is 0 Å². The molecule has 0 fully saturated rings. The van der Waals surface area contributed by atoms with E-state index in [0.717, 1.165) is 11.1 Å². The highest BCUT2D eigenvalue weighted by Gasteiger charge is 2.11. The van der Waals surface area contributed by atoms with Gasteiger partial charge in [-0.15, -0.1) is 0 Å². The van der Waals surface area contributed by atoms with Crippen LogP contribution >= 0.6 is 11.6 Å². The first-order chi connectivity index (χ1) is 13.0. The summed E-state index contributed by atoms with van der Waals surface area (Å²) in [4.78, 5) is 24.9. The fourth-order valence-electron chi connectivity index (χ4n) is 2.62. The average molecular weight is 379 g/mol. The van der Waals surface area contributed by atoms with Crippen molar-refractivity contribution in [2.45, 2.75) is 13.5 Å². The molecule has 3 aromatic carbocycles. The number of halogens is 1. The van der Waals surface area contributed by atoms with Crippen molar-refractivity contribution < 1.29 is 9.59 Å². The molecule has 0 saturated heterocycles. The second kappa shape index (κ2) is 8.52. The van der Waals surface area contributed by atoms with Crippen molar-refractivity contribution in [2.24, 2.45) is 0 Å². The smallest absolute Gasteiger partial charge is 0.255 e. The lowest BCUT2D eigenvalue weighted by atomic mass is 10.1. The van der Waals surface area contributed by atoms with E-state index in [2.05, 4.69) is 10.6 Å². The zero-order valence-electron chi connectivity index (χ0n) is 14.8. The molecule has 0 heterocycles. The van der Waals surface area contributed by atoms with Crippen LogP contribution in [-0.2, 0) is 6.54 Å². The summed E-state index contributed by atoms with van der Waals surface area (Å²) in [6.07, 6.45) is 0. The van der Waals surface area contributed by atoms with Crippen LogP contribution in [0.4, 0.5) is 5.69 Å². The Morgan fingerprint density at radius 3 is 2.22 bits per heavy atom. The number of carbonyl (C=O) groups excluding carboxylic acids is 2. The molecule has 0 aliphatic rings. The Morgan fingerprint density at radius 2 is 1.52 bits per heavy atom. The topological polar surface area (TPSA) is 58.2 Å². The molecule has 3 rings (SSSR count). The van der Waals surface area contributed by atoms with Gasteiger partial charge in [0.05, 0.1) is 0 Å². The van der Waals surface area contributed by atoms with Gasteiger partial charge in [-0.25, -0.2) is 0 Å². The van der Waals surface area contributed by atoms with Crippen LogP contribution in [0.15, 0.2) is 72.8 Å². The van der Waals surface area contributed by atoms with Crippen LogP contribution in [0.1, 0.15) is 31.8 Å².